The van der Waals surface area contributed by atoms with Gasteiger partial charge in [-0.3, -0.25) is 9.59 Å². The molecule has 1 heterocycles. The third kappa shape index (κ3) is 4.28. The Morgan fingerprint density at radius 2 is 1.43 bits per heavy atom. The number of carbonyl (C=O) groups excluding carboxylic acids is 3. The number of urea groups is 1. The molecule has 0 aromatic heterocycles. The molecule has 0 bridgehead atoms. The van der Waals surface area contributed by atoms with E-state index in [0.717, 1.165) is 21.6 Å². The summed E-state index contributed by atoms with van der Waals surface area (Å²) >= 11 is 0. The maximum absolute atomic E-state index is 12.6. The van der Waals surface area contributed by atoms with E-state index in [1.807, 2.05) is 60.7 Å². The second kappa shape index (κ2) is 8.45. The highest BCUT2D eigenvalue weighted by atomic mass is 16.2. The third-order valence-electron chi connectivity index (χ3n) is 4.65. The summed E-state index contributed by atoms with van der Waals surface area (Å²) in [6, 6.07) is 25.8. The summed E-state index contributed by atoms with van der Waals surface area (Å²) in [4.78, 5) is 37.9. The van der Waals surface area contributed by atoms with Crippen molar-refractivity contribution in [2.75, 3.05) is 11.9 Å². The molecule has 0 radical (unpaired) electrons. The van der Waals surface area contributed by atoms with Crippen LogP contribution in [0.4, 0.5) is 10.5 Å². The summed E-state index contributed by atoms with van der Waals surface area (Å²) in [7, 11) is 0. The van der Waals surface area contributed by atoms with E-state index in [-0.39, 0.29) is 12.2 Å². The standard InChI is InChI=1S/C24H19N3O3/c28-22(25-20-9-5-2-6-10-20)16-27-23(29)21(26-24(27)30)15-17-11-13-19(14-12-17)18-7-3-1-4-8-18/h1-15H,16H2,(H,25,28)(H,26,30). The van der Waals surface area contributed by atoms with Crippen molar-refractivity contribution in [1.29, 1.82) is 0 Å². The first-order valence-electron chi connectivity index (χ1n) is 9.45. The molecule has 0 spiro atoms. The van der Waals surface area contributed by atoms with Crippen molar-refractivity contribution in [3.63, 3.8) is 0 Å². The molecule has 0 aliphatic carbocycles. The SMILES string of the molecule is O=C(CN1C(=O)NC(=Cc2ccc(-c3ccccc3)cc2)C1=O)Nc1ccccc1. The second-order valence-electron chi connectivity index (χ2n) is 6.78. The molecule has 6 nitrogen and oxygen atoms in total. The highest BCUT2D eigenvalue weighted by molar-refractivity contribution is 6.15. The van der Waals surface area contributed by atoms with Crippen LogP contribution in [0.25, 0.3) is 17.2 Å². The second-order valence-corrected chi connectivity index (χ2v) is 6.78. The molecule has 0 unspecified atom stereocenters. The number of rotatable bonds is 5. The van der Waals surface area contributed by atoms with Crippen molar-refractivity contribution < 1.29 is 14.4 Å². The molecular weight excluding hydrogens is 378 g/mol. The molecule has 30 heavy (non-hydrogen) atoms. The normalized spacial score (nSPS) is 14.7. The van der Waals surface area contributed by atoms with Gasteiger partial charge in [-0.15, -0.1) is 0 Å². The van der Waals surface area contributed by atoms with Gasteiger partial charge in [-0.25, -0.2) is 9.69 Å². The maximum Gasteiger partial charge on any atom is 0.329 e. The molecule has 3 aromatic carbocycles. The molecule has 6 heteroatoms. The van der Waals surface area contributed by atoms with E-state index >= 15 is 0 Å². The van der Waals surface area contributed by atoms with Gasteiger partial charge in [-0.2, -0.15) is 0 Å². The van der Waals surface area contributed by atoms with Crippen molar-refractivity contribution in [3.05, 3.63) is 96.2 Å². The lowest BCUT2D eigenvalue weighted by atomic mass is 10.0. The van der Waals surface area contributed by atoms with Gasteiger partial charge in [-0.1, -0.05) is 72.8 Å². The van der Waals surface area contributed by atoms with E-state index in [9.17, 15) is 14.4 Å². The molecule has 4 amide bonds. The van der Waals surface area contributed by atoms with E-state index in [1.54, 1.807) is 30.3 Å². The zero-order valence-electron chi connectivity index (χ0n) is 16.0. The van der Waals surface area contributed by atoms with E-state index in [2.05, 4.69) is 10.6 Å². The minimum atomic E-state index is -0.615. The van der Waals surface area contributed by atoms with Crippen LogP contribution in [0.2, 0.25) is 0 Å². The van der Waals surface area contributed by atoms with E-state index in [4.69, 9.17) is 0 Å². The van der Waals surface area contributed by atoms with Crippen molar-refractivity contribution >= 4 is 29.6 Å². The van der Waals surface area contributed by atoms with Crippen LogP contribution >= 0.6 is 0 Å². The quantitative estimate of drug-likeness (QED) is 0.507. The first kappa shape index (κ1) is 19.1. The summed E-state index contributed by atoms with van der Waals surface area (Å²) in [6.45, 7) is -0.357. The number of nitrogens with one attached hydrogen (secondary N) is 2. The highest BCUT2D eigenvalue weighted by Crippen LogP contribution is 2.21. The summed E-state index contributed by atoms with van der Waals surface area (Å²) in [5.74, 6) is -0.978. The Bertz CT molecular complexity index is 1110. The molecule has 1 aliphatic rings. The van der Waals surface area contributed by atoms with Gasteiger partial charge < -0.3 is 10.6 Å². The van der Waals surface area contributed by atoms with Crippen molar-refractivity contribution in [3.8, 4) is 11.1 Å². The predicted octanol–water partition coefficient (Wildman–Crippen LogP) is 3.89. The Hall–Kier alpha value is -4.19. The highest BCUT2D eigenvalue weighted by Gasteiger charge is 2.34. The number of amides is 4. The summed E-state index contributed by atoms with van der Waals surface area (Å²) in [5, 5.41) is 5.20. The first-order valence-corrected chi connectivity index (χ1v) is 9.45. The number of anilines is 1. The third-order valence-corrected chi connectivity index (χ3v) is 4.65. The molecule has 1 saturated heterocycles. The average molecular weight is 397 g/mol. The maximum atomic E-state index is 12.6. The fourth-order valence-corrected chi connectivity index (χ4v) is 3.15. The number of hydrogen-bond donors (Lipinski definition) is 2. The van der Waals surface area contributed by atoms with E-state index in [0.29, 0.717) is 5.69 Å². The Labute approximate surface area is 173 Å². The van der Waals surface area contributed by atoms with Crippen LogP contribution in [-0.2, 0) is 9.59 Å². The average Bonchev–Trinajstić information content (AvgIpc) is 3.03. The lowest BCUT2D eigenvalue weighted by Crippen LogP contribution is -2.38. The van der Waals surface area contributed by atoms with Crippen molar-refractivity contribution in [1.82, 2.24) is 10.2 Å². The van der Waals surface area contributed by atoms with Crippen molar-refractivity contribution in [2.24, 2.45) is 0 Å². The Morgan fingerprint density at radius 1 is 0.833 bits per heavy atom. The lowest BCUT2D eigenvalue weighted by molar-refractivity contribution is -0.127. The number of benzene rings is 3. The molecule has 2 N–H and O–H groups in total. The van der Waals surface area contributed by atoms with Gasteiger partial charge in [0.1, 0.15) is 12.2 Å². The van der Waals surface area contributed by atoms with Crippen LogP contribution in [0.3, 0.4) is 0 Å². The molecular formula is C24H19N3O3. The molecule has 0 saturated carbocycles. The number of para-hydroxylation sites is 1. The summed E-state index contributed by atoms with van der Waals surface area (Å²) in [6.07, 6.45) is 1.60. The molecule has 1 fully saturated rings. The molecule has 4 rings (SSSR count). The van der Waals surface area contributed by atoms with Gasteiger partial charge in [0, 0.05) is 5.69 Å². The largest absolute Gasteiger partial charge is 0.329 e. The van der Waals surface area contributed by atoms with E-state index < -0.39 is 17.8 Å². The van der Waals surface area contributed by atoms with E-state index in [1.165, 1.54) is 0 Å². The van der Waals surface area contributed by atoms with Gasteiger partial charge in [0.25, 0.3) is 5.91 Å². The molecule has 3 aromatic rings. The number of hydrogen-bond acceptors (Lipinski definition) is 3. The minimum absolute atomic E-state index is 0.139. The Kier molecular flexibility index (Phi) is 5.39. The van der Waals surface area contributed by atoms with Gasteiger partial charge >= 0.3 is 6.03 Å². The zero-order chi connectivity index (χ0) is 20.9. The van der Waals surface area contributed by atoms with Crippen molar-refractivity contribution in [2.45, 2.75) is 0 Å². The monoisotopic (exact) mass is 397 g/mol. The van der Waals surface area contributed by atoms with Crippen LogP contribution in [0.1, 0.15) is 5.56 Å². The minimum Gasteiger partial charge on any atom is -0.325 e. The fourth-order valence-electron chi connectivity index (χ4n) is 3.15. The van der Waals surface area contributed by atoms with Crippen LogP contribution in [-0.4, -0.2) is 29.3 Å². The molecule has 148 valence electrons. The first-order chi connectivity index (χ1) is 14.6. The zero-order valence-corrected chi connectivity index (χ0v) is 16.0. The van der Waals surface area contributed by atoms with Gasteiger partial charge in [-0.05, 0) is 34.9 Å². The fraction of sp³-hybridized carbons (Fsp3) is 0.0417. The van der Waals surface area contributed by atoms with Gasteiger partial charge in [0.15, 0.2) is 0 Å². The molecule has 0 atom stereocenters. The summed E-state index contributed by atoms with van der Waals surface area (Å²) < 4.78 is 0. The van der Waals surface area contributed by atoms with Crippen LogP contribution < -0.4 is 10.6 Å². The lowest BCUT2D eigenvalue weighted by Gasteiger charge is -2.11. The van der Waals surface area contributed by atoms with Gasteiger partial charge in [0.2, 0.25) is 5.91 Å². The topological polar surface area (TPSA) is 78.5 Å². The number of carbonyl (C=O) groups is 3. The van der Waals surface area contributed by atoms with Crippen LogP contribution in [0.5, 0.6) is 0 Å². The predicted molar refractivity (Wildman–Crippen MR) is 115 cm³/mol. The molecule has 1 aliphatic heterocycles. The Balaban J connectivity index is 1.44. The smallest absolute Gasteiger partial charge is 0.325 e. The van der Waals surface area contributed by atoms with Gasteiger partial charge in [0.05, 0.1) is 0 Å². The van der Waals surface area contributed by atoms with Crippen LogP contribution in [0.15, 0.2) is 90.6 Å². The number of nitrogens with zero attached hydrogens (tertiary/aromatic N) is 1. The number of imide groups is 1. The Morgan fingerprint density at radius 3 is 2.10 bits per heavy atom. The van der Waals surface area contributed by atoms with Crippen LogP contribution in [0, 0.1) is 0 Å². The summed E-state index contributed by atoms with van der Waals surface area (Å²) in [5.41, 5.74) is 3.66.